The summed E-state index contributed by atoms with van der Waals surface area (Å²) in [7, 11) is 0. The third-order valence-electron chi connectivity index (χ3n) is 4.27. The summed E-state index contributed by atoms with van der Waals surface area (Å²) < 4.78 is 0. The molecule has 0 saturated carbocycles. The van der Waals surface area contributed by atoms with Crippen LogP contribution in [0, 0.1) is 0 Å². The summed E-state index contributed by atoms with van der Waals surface area (Å²) in [6, 6.07) is 19.1. The fourth-order valence-electron chi connectivity index (χ4n) is 2.99. The van der Waals surface area contributed by atoms with Crippen molar-refractivity contribution in [2.75, 3.05) is 0 Å². The van der Waals surface area contributed by atoms with Crippen LogP contribution in [0.1, 0.15) is 45.2 Å². The van der Waals surface area contributed by atoms with Crippen LogP contribution in [0.2, 0.25) is 0 Å². The van der Waals surface area contributed by atoms with Gasteiger partial charge in [-0.3, -0.25) is 9.59 Å². The van der Waals surface area contributed by atoms with E-state index in [-0.39, 0.29) is 17.4 Å². The smallest absolute Gasteiger partial charge is 0.243 e. The van der Waals surface area contributed by atoms with Gasteiger partial charge in [-0.15, -0.1) is 0 Å². The summed E-state index contributed by atoms with van der Waals surface area (Å²) in [4.78, 5) is 27.6. The summed E-state index contributed by atoms with van der Waals surface area (Å²) >= 11 is 0. The maximum absolute atomic E-state index is 13.1. The minimum Gasteiger partial charge on any atom is -0.350 e. The number of nitrogens with zero attached hydrogens (tertiary/aromatic N) is 1. The first-order valence-electron chi connectivity index (χ1n) is 9.49. The SMILES string of the molecule is CCC(=O)N(Cc1ccccc1)[C@@H](Cc1ccccc1)C(=O)NC(C)(C)C. The lowest BCUT2D eigenvalue weighted by molar-refractivity contribution is -0.141. The van der Waals surface area contributed by atoms with Crippen molar-refractivity contribution >= 4 is 11.8 Å². The Morgan fingerprint density at radius 1 is 0.926 bits per heavy atom. The van der Waals surface area contributed by atoms with E-state index in [9.17, 15) is 9.59 Å². The van der Waals surface area contributed by atoms with Crippen LogP contribution in [0.5, 0.6) is 0 Å². The van der Waals surface area contributed by atoms with Crippen molar-refractivity contribution in [1.82, 2.24) is 10.2 Å². The Balaban J connectivity index is 2.35. The molecule has 144 valence electrons. The Hall–Kier alpha value is -2.62. The number of hydrogen-bond acceptors (Lipinski definition) is 2. The monoisotopic (exact) mass is 366 g/mol. The normalized spacial score (nSPS) is 12.3. The lowest BCUT2D eigenvalue weighted by Gasteiger charge is -2.33. The molecule has 2 aromatic carbocycles. The molecule has 0 fully saturated rings. The highest BCUT2D eigenvalue weighted by atomic mass is 16.2. The van der Waals surface area contributed by atoms with Gasteiger partial charge >= 0.3 is 0 Å². The van der Waals surface area contributed by atoms with Crippen LogP contribution in [0.3, 0.4) is 0 Å². The highest BCUT2D eigenvalue weighted by Crippen LogP contribution is 2.16. The van der Waals surface area contributed by atoms with E-state index in [0.29, 0.717) is 19.4 Å². The Morgan fingerprint density at radius 3 is 1.93 bits per heavy atom. The van der Waals surface area contributed by atoms with Crippen LogP contribution in [0.25, 0.3) is 0 Å². The zero-order chi connectivity index (χ0) is 19.9. The fraction of sp³-hybridized carbons (Fsp3) is 0.391. The van der Waals surface area contributed by atoms with Gasteiger partial charge in [-0.2, -0.15) is 0 Å². The van der Waals surface area contributed by atoms with Gasteiger partial charge in [0.15, 0.2) is 0 Å². The Kier molecular flexibility index (Phi) is 7.17. The standard InChI is InChI=1S/C23H30N2O2/c1-5-21(26)25(17-19-14-10-7-11-15-19)20(22(27)24-23(2,3)4)16-18-12-8-6-9-13-18/h6-15,20H,5,16-17H2,1-4H3,(H,24,27)/t20-/m0/s1. The van der Waals surface area contributed by atoms with Crippen molar-refractivity contribution in [2.45, 2.75) is 58.7 Å². The van der Waals surface area contributed by atoms with E-state index in [2.05, 4.69) is 5.32 Å². The van der Waals surface area contributed by atoms with Gasteiger partial charge in [0.05, 0.1) is 0 Å². The molecule has 1 atom stereocenters. The van der Waals surface area contributed by atoms with E-state index < -0.39 is 6.04 Å². The molecule has 2 rings (SSSR count). The summed E-state index contributed by atoms with van der Waals surface area (Å²) in [5, 5.41) is 3.05. The zero-order valence-electron chi connectivity index (χ0n) is 16.7. The van der Waals surface area contributed by atoms with Gasteiger partial charge in [-0.05, 0) is 31.9 Å². The van der Waals surface area contributed by atoms with Gasteiger partial charge in [0, 0.05) is 24.9 Å². The van der Waals surface area contributed by atoms with Gasteiger partial charge in [0.2, 0.25) is 11.8 Å². The molecule has 0 aliphatic carbocycles. The number of hydrogen-bond donors (Lipinski definition) is 1. The van der Waals surface area contributed by atoms with Crippen LogP contribution in [0.4, 0.5) is 0 Å². The molecule has 0 aliphatic rings. The molecule has 0 aliphatic heterocycles. The molecule has 0 radical (unpaired) electrons. The first-order chi connectivity index (χ1) is 12.8. The molecule has 0 unspecified atom stereocenters. The maximum atomic E-state index is 13.1. The predicted octanol–water partition coefficient (Wildman–Crippen LogP) is 3.95. The first-order valence-corrected chi connectivity index (χ1v) is 9.49. The third-order valence-corrected chi connectivity index (χ3v) is 4.27. The van der Waals surface area contributed by atoms with Crippen LogP contribution in [-0.2, 0) is 22.6 Å². The van der Waals surface area contributed by atoms with E-state index in [4.69, 9.17) is 0 Å². The van der Waals surface area contributed by atoms with Gasteiger partial charge in [0.25, 0.3) is 0 Å². The molecule has 4 nitrogen and oxygen atoms in total. The molecular formula is C23H30N2O2. The lowest BCUT2D eigenvalue weighted by Crippen LogP contribution is -2.54. The number of nitrogens with one attached hydrogen (secondary N) is 1. The van der Waals surface area contributed by atoms with Crippen LogP contribution in [-0.4, -0.2) is 28.3 Å². The number of benzene rings is 2. The average molecular weight is 367 g/mol. The van der Waals surface area contributed by atoms with Crippen molar-refractivity contribution in [3.05, 3.63) is 71.8 Å². The number of carbonyl (C=O) groups is 2. The van der Waals surface area contributed by atoms with E-state index in [1.807, 2.05) is 88.4 Å². The lowest BCUT2D eigenvalue weighted by atomic mass is 10.0. The minimum absolute atomic E-state index is 0.0242. The Morgan fingerprint density at radius 2 is 1.44 bits per heavy atom. The predicted molar refractivity (Wildman–Crippen MR) is 109 cm³/mol. The van der Waals surface area contributed by atoms with Gasteiger partial charge in [-0.1, -0.05) is 67.6 Å². The molecule has 0 aromatic heterocycles. The molecule has 0 heterocycles. The Labute approximate surface area is 162 Å². The van der Waals surface area contributed by atoms with Gasteiger partial charge in [-0.25, -0.2) is 0 Å². The highest BCUT2D eigenvalue weighted by Gasteiger charge is 2.31. The topological polar surface area (TPSA) is 49.4 Å². The van der Waals surface area contributed by atoms with E-state index >= 15 is 0 Å². The Bertz CT molecular complexity index is 736. The van der Waals surface area contributed by atoms with Gasteiger partial charge < -0.3 is 10.2 Å². The van der Waals surface area contributed by atoms with Crippen LogP contribution >= 0.6 is 0 Å². The zero-order valence-corrected chi connectivity index (χ0v) is 16.7. The van der Waals surface area contributed by atoms with E-state index in [1.54, 1.807) is 4.90 Å². The number of amides is 2. The molecule has 27 heavy (non-hydrogen) atoms. The quantitative estimate of drug-likeness (QED) is 0.806. The number of carbonyl (C=O) groups excluding carboxylic acids is 2. The second-order valence-corrected chi connectivity index (χ2v) is 7.81. The van der Waals surface area contributed by atoms with Crippen molar-refractivity contribution in [2.24, 2.45) is 0 Å². The largest absolute Gasteiger partial charge is 0.350 e. The van der Waals surface area contributed by atoms with Crippen LogP contribution < -0.4 is 5.32 Å². The second kappa shape index (κ2) is 9.36. The van der Waals surface area contributed by atoms with Gasteiger partial charge in [0.1, 0.15) is 6.04 Å². The van der Waals surface area contributed by atoms with Crippen molar-refractivity contribution < 1.29 is 9.59 Å². The third kappa shape index (κ3) is 6.55. The fourth-order valence-corrected chi connectivity index (χ4v) is 2.99. The molecule has 1 N–H and O–H groups in total. The molecule has 2 amide bonds. The summed E-state index contributed by atoms with van der Waals surface area (Å²) in [6.07, 6.45) is 0.849. The second-order valence-electron chi connectivity index (χ2n) is 7.81. The van der Waals surface area contributed by atoms with E-state index in [0.717, 1.165) is 11.1 Å². The molecule has 0 spiro atoms. The maximum Gasteiger partial charge on any atom is 0.243 e. The molecule has 2 aromatic rings. The number of rotatable bonds is 7. The van der Waals surface area contributed by atoms with Crippen molar-refractivity contribution in [3.8, 4) is 0 Å². The molecule has 0 saturated heterocycles. The molecule has 4 heteroatoms. The minimum atomic E-state index is -0.556. The highest BCUT2D eigenvalue weighted by molar-refractivity contribution is 5.88. The van der Waals surface area contributed by atoms with E-state index in [1.165, 1.54) is 0 Å². The summed E-state index contributed by atoms with van der Waals surface area (Å²) in [6.45, 7) is 8.11. The van der Waals surface area contributed by atoms with Crippen molar-refractivity contribution in [3.63, 3.8) is 0 Å². The summed E-state index contributed by atoms with van der Waals surface area (Å²) in [5.41, 5.74) is 1.69. The first kappa shape index (κ1) is 20.7. The molecule has 0 bridgehead atoms. The average Bonchev–Trinajstić information content (AvgIpc) is 2.64. The van der Waals surface area contributed by atoms with Crippen molar-refractivity contribution in [1.29, 1.82) is 0 Å². The van der Waals surface area contributed by atoms with Crippen LogP contribution in [0.15, 0.2) is 60.7 Å². The molecular weight excluding hydrogens is 336 g/mol. The summed E-state index contributed by atoms with van der Waals surface area (Å²) in [5.74, 6) is -0.145.